The number of nitrogens with one attached hydrogen (secondary N) is 1. The van der Waals surface area contributed by atoms with E-state index in [1.165, 1.54) is 0 Å². The number of carbonyl (C=O) groups is 1. The van der Waals surface area contributed by atoms with Gasteiger partial charge in [0.2, 0.25) is 5.82 Å². The summed E-state index contributed by atoms with van der Waals surface area (Å²) in [5, 5.41) is 7.21. The van der Waals surface area contributed by atoms with Gasteiger partial charge in [-0.25, -0.2) is 4.68 Å². The van der Waals surface area contributed by atoms with Crippen LogP contribution in [-0.4, -0.2) is 27.2 Å². The topological polar surface area (TPSA) is 73.0 Å². The molecular formula is C18H20N4O2. The van der Waals surface area contributed by atoms with Crippen molar-refractivity contribution in [2.75, 3.05) is 6.54 Å². The molecule has 0 aliphatic rings. The van der Waals surface area contributed by atoms with Crippen molar-refractivity contribution in [1.29, 1.82) is 0 Å². The highest BCUT2D eigenvalue weighted by Gasteiger charge is 2.20. The van der Waals surface area contributed by atoms with Crippen molar-refractivity contribution in [2.45, 2.75) is 20.8 Å². The number of rotatable bonds is 5. The smallest absolute Gasteiger partial charge is 0.291 e. The average molecular weight is 324 g/mol. The van der Waals surface area contributed by atoms with Crippen molar-refractivity contribution < 1.29 is 9.21 Å². The van der Waals surface area contributed by atoms with Gasteiger partial charge < -0.3 is 9.73 Å². The highest BCUT2D eigenvalue weighted by atomic mass is 16.3. The fourth-order valence-electron chi connectivity index (χ4n) is 2.22. The molecule has 0 aliphatic heterocycles. The molecule has 24 heavy (non-hydrogen) atoms. The number of aromatic nitrogens is 3. The minimum absolute atomic E-state index is 0.127. The Labute approximate surface area is 140 Å². The Bertz CT molecular complexity index is 817. The Morgan fingerprint density at radius 1 is 1.25 bits per heavy atom. The van der Waals surface area contributed by atoms with E-state index in [0.717, 1.165) is 11.3 Å². The van der Waals surface area contributed by atoms with Gasteiger partial charge in [0.05, 0.1) is 12.0 Å². The van der Waals surface area contributed by atoms with Crippen LogP contribution in [-0.2, 0) is 0 Å². The zero-order valence-electron chi connectivity index (χ0n) is 14.0. The van der Waals surface area contributed by atoms with E-state index in [-0.39, 0.29) is 11.7 Å². The second kappa shape index (κ2) is 6.70. The van der Waals surface area contributed by atoms with Gasteiger partial charge in [-0.3, -0.25) is 4.79 Å². The predicted octanol–water partition coefficient (Wildman–Crippen LogP) is 3.22. The molecule has 0 saturated carbocycles. The maximum atomic E-state index is 12.3. The van der Waals surface area contributed by atoms with Gasteiger partial charge in [0.1, 0.15) is 0 Å². The highest BCUT2D eigenvalue weighted by Crippen LogP contribution is 2.22. The first-order chi connectivity index (χ1) is 11.5. The van der Waals surface area contributed by atoms with E-state index < -0.39 is 0 Å². The SMILES string of the molecule is Cc1ccc(-n2nc(C(=O)NCC(C)C)nc2-c2ccco2)cc1. The molecule has 3 aromatic rings. The minimum atomic E-state index is -0.289. The average Bonchev–Trinajstić information content (AvgIpc) is 3.22. The van der Waals surface area contributed by atoms with Gasteiger partial charge in [-0.1, -0.05) is 31.5 Å². The molecule has 0 aliphatic carbocycles. The molecule has 2 heterocycles. The number of nitrogens with zero attached hydrogens (tertiary/aromatic N) is 3. The van der Waals surface area contributed by atoms with Crippen LogP contribution in [0.1, 0.15) is 30.0 Å². The Balaban J connectivity index is 2.00. The van der Waals surface area contributed by atoms with Gasteiger partial charge in [0.15, 0.2) is 11.6 Å². The summed E-state index contributed by atoms with van der Waals surface area (Å²) in [5.41, 5.74) is 1.97. The molecular weight excluding hydrogens is 304 g/mol. The summed E-state index contributed by atoms with van der Waals surface area (Å²) in [5.74, 6) is 1.26. The maximum Gasteiger partial charge on any atom is 0.291 e. The maximum absolute atomic E-state index is 12.3. The first-order valence-electron chi connectivity index (χ1n) is 7.91. The van der Waals surface area contributed by atoms with Gasteiger partial charge in [-0.2, -0.15) is 4.98 Å². The quantitative estimate of drug-likeness (QED) is 0.782. The summed E-state index contributed by atoms with van der Waals surface area (Å²) in [6, 6.07) is 11.4. The zero-order valence-corrected chi connectivity index (χ0v) is 14.0. The lowest BCUT2D eigenvalue weighted by molar-refractivity contribution is 0.0938. The molecule has 2 aromatic heterocycles. The third-order valence-corrected chi connectivity index (χ3v) is 3.50. The summed E-state index contributed by atoms with van der Waals surface area (Å²) >= 11 is 0. The molecule has 0 radical (unpaired) electrons. The van der Waals surface area contributed by atoms with E-state index in [2.05, 4.69) is 15.4 Å². The van der Waals surface area contributed by atoms with E-state index in [1.807, 2.05) is 45.0 Å². The van der Waals surface area contributed by atoms with Gasteiger partial charge in [-0.15, -0.1) is 5.10 Å². The Kier molecular flexibility index (Phi) is 4.46. The van der Waals surface area contributed by atoms with E-state index in [0.29, 0.717) is 24.0 Å². The monoisotopic (exact) mass is 324 g/mol. The summed E-state index contributed by atoms with van der Waals surface area (Å²) in [4.78, 5) is 16.7. The summed E-state index contributed by atoms with van der Waals surface area (Å²) < 4.78 is 7.07. The van der Waals surface area contributed by atoms with Gasteiger partial charge >= 0.3 is 0 Å². The van der Waals surface area contributed by atoms with Crippen molar-refractivity contribution in [3.05, 3.63) is 54.0 Å². The molecule has 1 aromatic carbocycles. The van der Waals surface area contributed by atoms with Crippen LogP contribution in [0.5, 0.6) is 0 Å². The van der Waals surface area contributed by atoms with E-state index >= 15 is 0 Å². The molecule has 124 valence electrons. The second-order valence-corrected chi connectivity index (χ2v) is 6.09. The molecule has 6 heteroatoms. The van der Waals surface area contributed by atoms with Crippen LogP contribution in [0.25, 0.3) is 17.3 Å². The first-order valence-corrected chi connectivity index (χ1v) is 7.91. The number of hydrogen-bond acceptors (Lipinski definition) is 4. The Morgan fingerprint density at radius 3 is 2.62 bits per heavy atom. The number of benzene rings is 1. The Hall–Kier alpha value is -2.89. The number of carbonyl (C=O) groups excluding carboxylic acids is 1. The fraction of sp³-hybridized carbons (Fsp3) is 0.278. The number of aryl methyl sites for hydroxylation is 1. The lowest BCUT2D eigenvalue weighted by atomic mass is 10.2. The number of amides is 1. The normalized spacial score (nSPS) is 11.0. The molecule has 0 spiro atoms. The van der Waals surface area contributed by atoms with Crippen molar-refractivity contribution in [2.24, 2.45) is 5.92 Å². The van der Waals surface area contributed by atoms with E-state index in [1.54, 1.807) is 23.1 Å². The highest BCUT2D eigenvalue weighted by molar-refractivity contribution is 5.90. The first kappa shape index (κ1) is 16.0. The molecule has 0 atom stereocenters. The fourth-order valence-corrected chi connectivity index (χ4v) is 2.22. The molecule has 1 amide bonds. The van der Waals surface area contributed by atoms with Crippen molar-refractivity contribution in [3.8, 4) is 17.3 Å². The van der Waals surface area contributed by atoms with Crippen LogP contribution < -0.4 is 5.32 Å². The van der Waals surface area contributed by atoms with Crippen LogP contribution in [0.15, 0.2) is 47.1 Å². The number of hydrogen-bond donors (Lipinski definition) is 1. The summed E-state index contributed by atoms with van der Waals surface area (Å²) in [6.45, 7) is 6.66. The van der Waals surface area contributed by atoms with Gasteiger partial charge in [0.25, 0.3) is 5.91 Å². The third kappa shape index (κ3) is 3.37. The predicted molar refractivity (Wildman–Crippen MR) is 91.0 cm³/mol. The van der Waals surface area contributed by atoms with Crippen LogP contribution in [0.4, 0.5) is 0 Å². The van der Waals surface area contributed by atoms with Crippen molar-refractivity contribution >= 4 is 5.91 Å². The lowest BCUT2D eigenvalue weighted by Crippen LogP contribution is -2.28. The van der Waals surface area contributed by atoms with Gasteiger partial charge in [0, 0.05) is 6.54 Å². The molecule has 6 nitrogen and oxygen atoms in total. The van der Waals surface area contributed by atoms with Crippen LogP contribution in [0, 0.1) is 12.8 Å². The molecule has 0 fully saturated rings. The molecule has 0 saturated heterocycles. The van der Waals surface area contributed by atoms with Crippen molar-refractivity contribution in [1.82, 2.24) is 20.1 Å². The van der Waals surface area contributed by atoms with Crippen LogP contribution in [0.2, 0.25) is 0 Å². The van der Waals surface area contributed by atoms with E-state index in [9.17, 15) is 4.79 Å². The van der Waals surface area contributed by atoms with Crippen LogP contribution in [0.3, 0.4) is 0 Å². The molecule has 1 N–H and O–H groups in total. The van der Waals surface area contributed by atoms with Crippen LogP contribution >= 0.6 is 0 Å². The third-order valence-electron chi connectivity index (χ3n) is 3.50. The molecule has 0 bridgehead atoms. The minimum Gasteiger partial charge on any atom is -0.461 e. The number of furan rings is 1. The lowest BCUT2D eigenvalue weighted by Gasteiger charge is -2.05. The zero-order chi connectivity index (χ0) is 17.1. The standard InChI is InChI=1S/C18H20N4O2/c1-12(2)11-19-18(23)16-20-17(15-5-4-10-24-15)22(21-16)14-8-6-13(3)7-9-14/h4-10,12H,11H2,1-3H3,(H,19,23). The van der Waals surface area contributed by atoms with Gasteiger partial charge in [-0.05, 0) is 37.1 Å². The van der Waals surface area contributed by atoms with Crippen molar-refractivity contribution in [3.63, 3.8) is 0 Å². The van der Waals surface area contributed by atoms with E-state index in [4.69, 9.17) is 4.42 Å². The molecule has 3 rings (SSSR count). The largest absolute Gasteiger partial charge is 0.461 e. The molecule has 0 unspecified atom stereocenters. The Morgan fingerprint density at radius 2 is 2.00 bits per heavy atom. The summed E-state index contributed by atoms with van der Waals surface area (Å²) in [6.07, 6.45) is 1.57. The summed E-state index contributed by atoms with van der Waals surface area (Å²) in [7, 11) is 0. The second-order valence-electron chi connectivity index (χ2n) is 6.09.